The summed E-state index contributed by atoms with van der Waals surface area (Å²) in [6.07, 6.45) is 3.60. The molecule has 0 spiro atoms. The number of morpholine rings is 1. The topological polar surface area (TPSA) is 63.2 Å². The maximum absolute atomic E-state index is 14.0. The number of piperidine rings is 1. The number of halogens is 2. The predicted octanol–water partition coefficient (Wildman–Crippen LogP) is 4.90. The molecule has 0 aliphatic carbocycles. The molecule has 5 heterocycles. The number of rotatable bonds is 5. The van der Waals surface area contributed by atoms with Gasteiger partial charge >= 0.3 is 0 Å². The molecule has 3 saturated heterocycles. The van der Waals surface area contributed by atoms with E-state index < -0.39 is 5.92 Å². The molecule has 2 aromatic heterocycles. The Morgan fingerprint density at radius 2 is 1.91 bits per heavy atom. The van der Waals surface area contributed by atoms with Gasteiger partial charge in [0.2, 0.25) is 0 Å². The highest BCUT2D eigenvalue weighted by atomic mass is 19.3. The smallest absolute Gasteiger partial charge is 0.270 e. The normalized spacial score (nSPS) is 21.4. The molecule has 3 aliphatic heterocycles. The maximum atomic E-state index is 14.0. The van der Waals surface area contributed by atoms with Crippen LogP contribution in [0.3, 0.4) is 0 Å². The molecule has 3 aromatic rings. The summed E-state index contributed by atoms with van der Waals surface area (Å²) in [7, 11) is 0. The Morgan fingerprint density at radius 1 is 1.19 bits per heavy atom. The Balaban J connectivity index is 1.49. The van der Waals surface area contributed by atoms with Crippen LogP contribution in [0.1, 0.15) is 48.7 Å². The zero-order valence-electron chi connectivity index (χ0n) is 18.7. The average Bonchev–Trinajstić information content (AvgIpc) is 2.74. The number of anilines is 2. The number of pyridine rings is 1. The summed E-state index contributed by atoms with van der Waals surface area (Å²) in [6.45, 7) is 8.22. The Labute approximate surface area is 186 Å². The molecule has 3 atom stereocenters. The molecule has 1 N–H and O–H groups in total. The first-order chi connectivity index (χ1) is 15.2. The molecule has 3 aliphatic rings. The fraction of sp³-hybridized carbons (Fsp3) is 0.458. The summed E-state index contributed by atoms with van der Waals surface area (Å²) < 4.78 is 33.8. The first-order valence-electron chi connectivity index (χ1n) is 11.0. The van der Waals surface area contributed by atoms with Crippen LogP contribution in [0, 0.1) is 13.8 Å². The average molecular weight is 440 g/mol. The fourth-order valence-electron chi connectivity index (χ4n) is 4.88. The van der Waals surface area contributed by atoms with Crippen molar-refractivity contribution in [3.05, 3.63) is 52.8 Å². The van der Waals surface area contributed by atoms with Gasteiger partial charge in [0.25, 0.3) is 5.92 Å². The first-order valence-corrected chi connectivity index (χ1v) is 11.0. The number of hydrogen-bond donors (Lipinski definition) is 1. The van der Waals surface area contributed by atoms with Crippen LogP contribution in [-0.4, -0.2) is 40.5 Å². The Kier molecular flexibility index (Phi) is 5.00. The van der Waals surface area contributed by atoms with Crippen LogP contribution in [0.2, 0.25) is 0 Å². The number of hydrogen-bond acceptors (Lipinski definition) is 6. The summed E-state index contributed by atoms with van der Waals surface area (Å²) in [4.78, 5) is 6.98. The number of alkyl halides is 2. The van der Waals surface area contributed by atoms with Gasteiger partial charge in [0.1, 0.15) is 0 Å². The lowest BCUT2D eigenvalue weighted by Gasteiger charge is -2.47. The third kappa shape index (κ3) is 3.66. The van der Waals surface area contributed by atoms with E-state index >= 15 is 0 Å². The monoisotopic (exact) mass is 439 g/mol. The molecular weight excluding hydrogens is 412 g/mol. The number of benzene rings is 1. The molecule has 2 unspecified atom stereocenters. The van der Waals surface area contributed by atoms with E-state index in [9.17, 15) is 8.78 Å². The quantitative estimate of drug-likeness (QED) is 0.610. The SMILES string of the molecule is Cc1c([C@@H](C)Nc2nnc(C)c3ncc(N4CC5CC(C4)O5)cc23)cccc1C(C)(F)F. The minimum absolute atomic E-state index is 0.0401. The number of aryl methyl sites for hydroxylation is 1. The van der Waals surface area contributed by atoms with Crippen molar-refractivity contribution in [2.45, 2.75) is 58.3 Å². The molecule has 6 nitrogen and oxygen atoms in total. The lowest BCUT2D eigenvalue weighted by atomic mass is 9.94. The third-order valence-electron chi connectivity index (χ3n) is 6.56. The van der Waals surface area contributed by atoms with Crippen molar-refractivity contribution in [3.63, 3.8) is 0 Å². The van der Waals surface area contributed by atoms with Gasteiger partial charge in [0.15, 0.2) is 5.82 Å². The van der Waals surface area contributed by atoms with Crippen LogP contribution >= 0.6 is 0 Å². The highest BCUT2D eigenvalue weighted by Crippen LogP contribution is 2.36. The minimum atomic E-state index is -2.89. The highest BCUT2D eigenvalue weighted by molar-refractivity contribution is 5.92. The van der Waals surface area contributed by atoms with Gasteiger partial charge in [0.05, 0.1) is 41.3 Å². The van der Waals surface area contributed by atoms with E-state index in [0.717, 1.165) is 54.3 Å². The van der Waals surface area contributed by atoms with Gasteiger partial charge in [-0.1, -0.05) is 18.2 Å². The molecule has 0 radical (unpaired) electrons. The van der Waals surface area contributed by atoms with E-state index in [1.165, 1.54) is 6.07 Å². The van der Waals surface area contributed by atoms with Crippen molar-refractivity contribution in [2.24, 2.45) is 0 Å². The molecule has 2 bridgehead atoms. The molecule has 3 fully saturated rings. The van der Waals surface area contributed by atoms with E-state index in [1.54, 1.807) is 13.0 Å². The number of ether oxygens (including phenoxy) is 1. The Hall–Kier alpha value is -2.87. The standard InChI is InChI=1S/C24H27F2N5O/c1-13-19(6-5-7-21(13)24(4,25)26)14(2)28-23-20-8-16(10-27-22(20)15(3)29-30-23)31-11-17-9-18(12-31)32-17/h5-8,10,14,17-18H,9,11-12H2,1-4H3,(H,28,30)/t14-,17?,18?/m1/s1. The largest absolute Gasteiger partial charge is 0.371 e. The van der Waals surface area contributed by atoms with Crippen molar-refractivity contribution in [1.29, 1.82) is 0 Å². The highest BCUT2D eigenvalue weighted by Gasteiger charge is 2.38. The summed E-state index contributed by atoms with van der Waals surface area (Å²) in [5.74, 6) is -2.30. The van der Waals surface area contributed by atoms with Crippen molar-refractivity contribution in [3.8, 4) is 0 Å². The van der Waals surface area contributed by atoms with Gasteiger partial charge in [-0.3, -0.25) is 4.98 Å². The van der Waals surface area contributed by atoms with Crippen molar-refractivity contribution in [1.82, 2.24) is 15.2 Å². The molecule has 32 heavy (non-hydrogen) atoms. The first kappa shape index (κ1) is 21.0. The summed E-state index contributed by atoms with van der Waals surface area (Å²) in [6, 6.07) is 6.88. The van der Waals surface area contributed by atoms with Crippen LogP contribution in [0.5, 0.6) is 0 Å². The zero-order valence-corrected chi connectivity index (χ0v) is 18.7. The fourth-order valence-corrected chi connectivity index (χ4v) is 4.88. The number of nitrogens with one attached hydrogen (secondary N) is 1. The predicted molar refractivity (Wildman–Crippen MR) is 120 cm³/mol. The number of nitrogens with zero attached hydrogens (tertiary/aromatic N) is 4. The van der Waals surface area contributed by atoms with Crippen molar-refractivity contribution >= 4 is 22.4 Å². The van der Waals surface area contributed by atoms with Gasteiger partial charge in [-0.15, -0.1) is 5.10 Å². The maximum Gasteiger partial charge on any atom is 0.270 e. The van der Waals surface area contributed by atoms with Gasteiger partial charge in [-0.05, 0) is 38.0 Å². The van der Waals surface area contributed by atoms with Crippen molar-refractivity contribution < 1.29 is 13.5 Å². The van der Waals surface area contributed by atoms with Crippen molar-refractivity contribution in [2.75, 3.05) is 23.3 Å². The van der Waals surface area contributed by atoms with Gasteiger partial charge < -0.3 is 15.0 Å². The number of aromatic nitrogens is 3. The second kappa shape index (κ2) is 7.62. The van der Waals surface area contributed by atoms with Crippen LogP contribution in [0.15, 0.2) is 30.5 Å². The molecule has 168 valence electrons. The summed E-state index contributed by atoms with van der Waals surface area (Å²) in [5.41, 5.74) is 3.98. The summed E-state index contributed by atoms with van der Waals surface area (Å²) >= 11 is 0. The molecule has 1 aromatic carbocycles. The Bertz CT molecular complexity index is 1160. The van der Waals surface area contributed by atoms with E-state index in [1.807, 2.05) is 26.1 Å². The van der Waals surface area contributed by atoms with E-state index in [4.69, 9.17) is 4.74 Å². The molecule has 0 amide bonds. The van der Waals surface area contributed by atoms with Crippen LogP contribution in [-0.2, 0) is 10.7 Å². The van der Waals surface area contributed by atoms with Gasteiger partial charge in [0, 0.05) is 37.4 Å². The van der Waals surface area contributed by atoms with Gasteiger partial charge in [-0.2, -0.15) is 5.10 Å². The van der Waals surface area contributed by atoms with Crippen LogP contribution in [0.25, 0.3) is 10.9 Å². The summed E-state index contributed by atoms with van der Waals surface area (Å²) in [5, 5.41) is 12.9. The lowest BCUT2D eigenvalue weighted by Crippen LogP contribution is -2.57. The molecular formula is C24H27F2N5O. The minimum Gasteiger partial charge on any atom is -0.371 e. The second-order valence-corrected chi connectivity index (χ2v) is 9.02. The van der Waals surface area contributed by atoms with E-state index in [0.29, 0.717) is 23.6 Å². The number of fused-ring (bicyclic) bond motifs is 3. The van der Waals surface area contributed by atoms with E-state index in [-0.39, 0.29) is 11.6 Å². The lowest BCUT2D eigenvalue weighted by molar-refractivity contribution is -0.133. The third-order valence-corrected chi connectivity index (χ3v) is 6.56. The van der Waals surface area contributed by atoms with Crippen LogP contribution < -0.4 is 10.2 Å². The van der Waals surface area contributed by atoms with E-state index in [2.05, 4.69) is 31.5 Å². The van der Waals surface area contributed by atoms with Gasteiger partial charge in [-0.25, -0.2) is 8.78 Å². The molecule has 8 heteroatoms. The zero-order chi connectivity index (χ0) is 22.6. The molecule has 6 rings (SSSR count). The Morgan fingerprint density at radius 3 is 2.59 bits per heavy atom. The second-order valence-electron chi connectivity index (χ2n) is 9.02. The van der Waals surface area contributed by atoms with Crippen LogP contribution in [0.4, 0.5) is 20.3 Å². The molecule has 0 saturated carbocycles.